The molecular weight excluding hydrogens is 214 g/mol. The summed E-state index contributed by atoms with van der Waals surface area (Å²) in [5.41, 5.74) is 1.74. The van der Waals surface area contributed by atoms with Gasteiger partial charge in [-0.25, -0.2) is 9.97 Å². The average Bonchev–Trinajstić information content (AvgIpc) is 2.72. The SMILES string of the molecule is CCCCNc1ncc2ncn(C(C)C)c2n1. The Kier molecular flexibility index (Phi) is 3.56. The van der Waals surface area contributed by atoms with Gasteiger partial charge in [0.2, 0.25) is 5.95 Å². The maximum absolute atomic E-state index is 4.51. The van der Waals surface area contributed by atoms with E-state index in [1.54, 1.807) is 6.20 Å². The zero-order valence-electron chi connectivity index (χ0n) is 10.6. The number of aromatic nitrogens is 4. The molecule has 92 valence electrons. The summed E-state index contributed by atoms with van der Waals surface area (Å²) in [6, 6.07) is 0.360. The smallest absolute Gasteiger partial charge is 0.224 e. The van der Waals surface area contributed by atoms with Crippen LogP contribution in [-0.4, -0.2) is 26.1 Å². The number of nitrogens with zero attached hydrogens (tertiary/aromatic N) is 4. The molecule has 0 unspecified atom stereocenters. The number of hydrogen-bond acceptors (Lipinski definition) is 4. The monoisotopic (exact) mass is 233 g/mol. The van der Waals surface area contributed by atoms with Gasteiger partial charge in [-0.05, 0) is 20.3 Å². The van der Waals surface area contributed by atoms with Crippen molar-refractivity contribution in [1.82, 2.24) is 19.5 Å². The van der Waals surface area contributed by atoms with E-state index < -0.39 is 0 Å². The van der Waals surface area contributed by atoms with Crippen molar-refractivity contribution in [2.75, 3.05) is 11.9 Å². The minimum Gasteiger partial charge on any atom is -0.354 e. The zero-order chi connectivity index (χ0) is 12.3. The van der Waals surface area contributed by atoms with Crippen LogP contribution in [0.1, 0.15) is 39.7 Å². The molecule has 0 aliphatic heterocycles. The number of rotatable bonds is 5. The first-order valence-corrected chi connectivity index (χ1v) is 6.15. The van der Waals surface area contributed by atoms with Crippen molar-refractivity contribution in [3.63, 3.8) is 0 Å². The molecule has 0 aromatic carbocycles. The van der Waals surface area contributed by atoms with Crippen molar-refractivity contribution in [3.8, 4) is 0 Å². The summed E-state index contributed by atoms with van der Waals surface area (Å²) in [4.78, 5) is 13.0. The predicted octanol–water partition coefficient (Wildman–Crippen LogP) is 2.62. The van der Waals surface area contributed by atoms with E-state index in [1.807, 2.05) is 6.33 Å². The topological polar surface area (TPSA) is 55.6 Å². The summed E-state index contributed by atoms with van der Waals surface area (Å²) in [5, 5.41) is 3.23. The Labute approximate surface area is 101 Å². The highest BCUT2D eigenvalue weighted by Crippen LogP contribution is 2.15. The molecule has 0 atom stereocenters. The number of imidazole rings is 1. The fraction of sp³-hybridized carbons (Fsp3) is 0.583. The van der Waals surface area contributed by atoms with Crippen LogP contribution in [0, 0.1) is 0 Å². The molecule has 0 aliphatic rings. The summed E-state index contributed by atoms with van der Waals surface area (Å²) in [7, 11) is 0. The molecule has 0 bridgehead atoms. The maximum atomic E-state index is 4.51. The molecule has 2 heterocycles. The van der Waals surface area contributed by atoms with Crippen molar-refractivity contribution in [2.24, 2.45) is 0 Å². The Bertz CT molecular complexity index is 489. The van der Waals surface area contributed by atoms with Gasteiger partial charge in [0.1, 0.15) is 5.52 Å². The second kappa shape index (κ2) is 5.12. The predicted molar refractivity (Wildman–Crippen MR) is 69.1 cm³/mol. The Morgan fingerprint density at radius 1 is 1.35 bits per heavy atom. The van der Waals surface area contributed by atoms with E-state index in [0.29, 0.717) is 12.0 Å². The third kappa shape index (κ3) is 2.54. The van der Waals surface area contributed by atoms with Gasteiger partial charge in [0.15, 0.2) is 5.65 Å². The van der Waals surface area contributed by atoms with Gasteiger partial charge in [-0.2, -0.15) is 4.98 Å². The highest BCUT2D eigenvalue weighted by atomic mass is 15.2. The van der Waals surface area contributed by atoms with Crippen LogP contribution >= 0.6 is 0 Å². The molecule has 0 spiro atoms. The number of fused-ring (bicyclic) bond motifs is 1. The lowest BCUT2D eigenvalue weighted by molar-refractivity contribution is 0.613. The van der Waals surface area contributed by atoms with Crippen molar-refractivity contribution in [1.29, 1.82) is 0 Å². The second-order valence-electron chi connectivity index (χ2n) is 4.43. The highest BCUT2D eigenvalue weighted by Gasteiger charge is 2.08. The van der Waals surface area contributed by atoms with Crippen molar-refractivity contribution in [3.05, 3.63) is 12.5 Å². The van der Waals surface area contributed by atoms with Gasteiger partial charge in [-0.1, -0.05) is 13.3 Å². The molecule has 5 nitrogen and oxygen atoms in total. The Morgan fingerprint density at radius 3 is 2.88 bits per heavy atom. The molecule has 2 rings (SSSR count). The third-order valence-electron chi connectivity index (χ3n) is 2.69. The van der Waals surface area contributed by atoms with Crippen LogP contribution in [-0.2, 0) is 0 Å². The van der Waals surface area contributed by atoms with Crippen molar-refractivity contribution >= 4 is 17.1 Å². The summed E-state index contributed by atoms with van der Waals surface area (Å²) in [6.07, 6.45) is 5.89. The lowest BCUT2D eigenvalue weighted by atomic mass is 10.3. The summed E-state index contributed by atoms with van der Waals surface area (Å²) in [5.74, 6) is 0.688. The van der Waals surface area contributed by atoms with Crippen molar-refractivity contribution in [2.45, 2.75) is 39.7 Å². The molecule has 5 heteroatoms. The minimum atomic E-state index is 0.360. The van der Waals surface area contributed by atoms with E-state index in [9.17, 15) is 0 Å². The van der Waals surface area contributed by atoms with Crippen LogP contribution in [0.15, 0.2) is 12.5 Å². The molecule has 2 aromatic rings. The fourth-order valence-electron chi connectivity index (χ4n) is 1.67. The number of nitrogens with one attached hydrogen (secondary N) is 1. The Morgan fingerprint density at radius 2 is 2.18 bits per heavy atom. The summed E-state index contributed by atoms with van der Waals surface area (Å²) >= 11 is 0. The van der Waals surface area contributed by atoms with Crippen LogP contribution in [0.4, 0.5) is 5.95 Å². The second-order valence-corrected chi connectivity index (χ2v) is 4.43. The molecule has 0 saturated carbocycles. The van der Waals surface area contributed by atoms with Gasteiger partial charge in [-0.15, -0.1) is 0 Å². The molecule has 0 fully saturated rings. The van der Waals surface area contributed by atoms with Crippen LogP contribution in [0.25, 0.3) is 11.2 Å². The average molecular weight is 233 g/mol. The van der Waals surface area contributed by atoms with Crippen molar-refractivity contribution < 1.29 is 0 Å². The van der Waals surface area contributed by atoms with E-state index in [4.69, 9.17) is 0 Å². The van der Waals surface area contributed by atoms with Crippen LogP contribution in [0.2, 0.25) is 0 Å². The molecule has 17 heavy (non-hydrogen) atoms. The largest absolute Gasteiger partial charge is 0.354 e. The van der Waals surface area contributed by atoms with E-state index >= 15 is 0 Å². The maximum Gasteiger partial charge on any atom is 0.224 e. The van der Waals surface area contributed by atoms with E-state index in [2.05, 4.69) is 45.6 Å². The first kappa shape index (κ1) is 11.8. The quantitative estimate of drug-likeness (QED) is 0.806. The number of hydrogen-bond donors (Lipinski definition) is 1. The normalized spacial score (nSPS) is 11.3. The van der Waals surface area contributed by atoms with Gasteiger partial charge in [-0.3, -0.25) is 0 Å². The molecule has 1 N–H and O–H groups in total. The standard InChI is InChI=1S/C12H19N5/c1-4-5-6-13-12-14-7-10-11(16-12)17(8-15-10)9(2)3/h7-9H,4-6H2,1-3H3,(H,13,14,16). The lowest BCUT2D eigenvalue weighted by Crippen LogP contribution is -2.06. The molecular formula is C12H19N5. The van der Waals surface area contributed by atoms with E-state index in [-0.39, 0.29) is 0 Å². The first-order valence-electron chi connectivity index (χ1n) is 6.15. The molecule has 2 aromatic heterocycles. The first-order chi connectivity index (χ1) is 8.22. The van der Waals surface area contributed by atoms with Gasteiger partial charge >= 0.3 is 0 Å². The Hall–Kier alpha value is -1.65. The molecule has 0 saturated heterocycles. The Balaban J connectivity index is 2.25. The van der Waals surface area contributed by atoms with E-state index in [1.165, 1.54) is 6.42 Å². The lowest BCUT2D eigenvalue weighted by Gasteiger charge is -2.08. The van der Waals surface area contributed by atoms with Gasteiger partial charge in [0.25, 0.3) is 0 Å². The van der Waals surface area contributed by atoms with Crippen LogP contribution in [0.3, 0.4) is 0 Å². The van der Waals surface area contributed by atoms with Gasteiger partial charge in [0.05, 0.1) is 12.5 Å². The van der Waals surface area contributed by atoms with Crippen LogP contribution < -0.4 is 5.32 Å². The number of anilines is 1. The van der Waals surface area contributed by atoms with Gasteiger partial charge in [0, 0.05) is 12.6 Å². The highest BCUT2D eigenvalue weighted by molar-refractivity contribution is 5.70. The van der Waals surface area contributed by atoms with Gasteiger partial charge < -0.3 is 9.88 Å². The minimum absolute atomic E-state index is 0.360. The summed E-state index contributed by atoms with van der Waals surface area (Å²) < 4.78 is 2.06. The number of unbranched alkanes of at least 4 members (excludes halogenated alkanes) is 1. The zero-order valence-corrected chi connectivity index (χ0v) is 10.6. The summed E-state index contributed by atoms with van der Waals surface area (Å²) in [6.45, 7) is 7.32. The fourth-order valence-corrected chi connectivity index (χ4v) is 1.67. The molecule has 0 aliphatic carbocycles. The third-order valence-corrected chi connectivity index (χ3v) is 2.69. The molecule has 0 radical (unpaired) electrons. The molecule has 0 amide bonds. The van der Waals surface area contributed by atoms with E-state index in [0.717, 1.165) is 24.1 Å². The van der Waals surface area contributed by atoms with Crippen LogP contribution in [0.5, 0.6) is 0 Å².